The SMILES string of the molecule is O=C(O)c1ncccc1OCCl. The van der Waals surface area contributed by atoms with Crippen molar-refractivity contribution in [3.05, 3.63) is 24.0 Å². The largest absolute Gasteiger partial charge is 0.476 e. The van der Waals surface area contributed by atoms with E-state index in [1.807, 2.05) is 0 Å². The highest BCUT2D eigenvalue weighted by Crippen LogP contribution is 2.14. The van der Waals surface area contributed by atoms with Crippen molar-refractivity contribution in [1.82, 2.24) is 4.98 Å². The van der Waals surface area contributed by atoms with Gasteiger partial charge in [-0.1, -0.05) is 11.6 Å². The van der Waals surface area contributed by atoms with E-state index in [0.29, 0.717) is 0 Å². The van der Waals surface area contributed by atoms with Gasteiger partial charge in [0, 0.05) is 6.20 Å². The number of hydrogen-bond donors (Lipinski definition) is 1. The first kappa shape index (κ1) is 8.80. The Morgan fingerprint density at radius 1 is 1.75 bits per heavy atom. The number of carbonyl (C=O) groups is 1. The summed E-state index contributed by atoms with van der Waals surface area (Å²) in [5.41, 5.74) is -0.127. The number of aromatic nitrogens is 1. The minimum atomic E-state index is -1.13. The second kappa shape index (κ2) is 3.92. The van der Waals surface area contributed by atoms with Crippen LogP contribution in [0.25, 0.3) is 0 Å². The molecule has 0 saturated heterocycles. The molecule has 12 heavy (non-hydrogen) atoms. The molecule has 0 fully saturated rings. The number of alkyl halides is 1. The Bertz CT molecular complexity index is 290. The Morgan fingerprint density at radius 3 is 3.08 bits per heavy atom. The molecule has 1 rings (SSSR count). The van der Waals surface area contributed by atoms with Crippen molar-refractivity contribution >= 4 is 17.6 Å². The van der Waals surface area contributed by atoms with Gasteiger partial charge in [-0.25, -0.2) is 9.78 Å². The second-order valence-corrected chi connectivity index (χ2v) is 2.13. The Kier molecular flexibility index (Phi) is 2.88. The number of aromatic carboxylic acids is 1. The molecule has 0 saturated carbocycles. The zero-order valence-electron chi connectivity index (χ0n) is 6.03. The summed E-state index contributed by atoms with van der Waals surface area (Å²) in [7, 11) is 0. The van der Waals surface area contributed by atoms with Crippen LogP contribution in [0.3, 0.4) is 0 Å². The molecule has 0 aromatic carbocycles. The van der Waals surface area contributed by atoms with Crippen LogP contribution in [-0.2, 0) is 0 Å². The molecule has 0 atom stereocenters. The van der Waals surface area contributed by atoms with E-state index >= 15 is 0 Å². The number of nitrogens with zero attached hydrogens (tertiary/aromatic N) is 1. The first-order valence-electron chi connectivity index (χ1n) is 3.12. The lowest BCUT2D eigenvalue weighted by Crippen LogP contribution is -2.04. The monoisotopic (exact) mass is 187 g/mol. The number of carboxylic acid groups (broad SMARTS) is 1. The molecular formula is C7H6ClNO3. The van der Waals surface area contributed by atoms with E-state index < -0.39 is 5.97 Å². The summed E-state index contributed by atoms with van der Waals surface area (Å²) in [5.74, 6) is -0.948. The normalized spacial score (nSPS) is 9.42. The summed E-state index contributed by atoms with van der Waals surface area (Å²) in [4.78, 5) is 14.1. The average Bonchev–Trinajstić information content (AvgIpc) is 2.05. The summed E-state index contributed by atoms with van der Waals surface area (Å²) < 4.78 is 4.82. The van der Waals surface area contributed by atoms with Crippen molar-refractivity contribution in [2.75, 3.05) is 6.07 Å². The van der Waals surface area contributed by atoms with Gasteiger partial charge in [0.1, 0.15) is 0 Å². The van der Waals surface area contributed by atoms with Gasteiger partial charge in [-0.05, 0) is 12.1 Å². The maximum Gasteiger partial charge on any atom is 0.358 e. The molecule has 0 aliphatic carbocycles. The zero-order chi connectivity index (χ0) is 8.97. The molecule has 0 aliphatic heterocycles. The molecule has 1 heterocycles. The number of ether oxygens (including phenoxy) is 1. The highest BCUT2D eigenvalue weighted by molar-refractivity contribution is 6.17. The van der Waals surface area contributed by atoms with E-state index in [1.54, 1.807) is 6.07 Å². The molecule has 1 aromatic rings. The van der Waals surface area contributed by atoms with Gasteiger partial charge in [0.25, 0.3) is 0 Å². The van der Waals surface area contributed by atoms with Gasteiger partial charge in [-0.15, -0.1) is 0 Å². The molecule has 0 unspecified atom stereocenters. The molecule has 5 heteroatoms. The van der Waals surface area contributed by atoms with Crippen molar-refractivity contribution in [3.63, 3.8) is 0 Å². The lowest BCUT2D eigenvalue weighted by atomic mass is 10.3. The van der Waals surface area contributed by atoms with Crippen LogP contribution in [0.15, 0.2) is 18.3 Å². The van der Waals surface area contributed by atoms with Crippen molar-refractivity contribution in [2.24, 2.45) is 0 Å². The fraction of sp³-hybridized carbons (Fsp3) is 0.143. The Labute approximate surface area is 73.8 Å². The lowest BCUT2D eigenvalue weighted by Gasteiger charge is -2.03. The molecule has 1 aromatic heterocycles. The van der Waals surface area contributed by atoms with E-state index in [-0.39, 0.29) is 17.5 Å². The zero-order valence-corrected chi connectivity index (χ0v) is 6.78. The molecule has 0 aliphatic rings. The van der Waals surface area contributed by atoms with E-state index in [4.69, 9.17) is 21.4 Å². The Morgan fingerprint density at radius 2 is 2.50 bits per heavy atom. The average molecular weight is 188 g/mol. The van der Waals surface area contributed by atoms with E-state index in [1.165, 1.54) is 12.3 Å². The van der Waals surface area contributed by atoms with Crippen molar-refractivity contribution in [3.8, 4) is 5.75 Å². The fourth-order valence-corrected chi connectivity index (χ4v) is 0.844. The summed E-state index contributed by atoms with van der Waals surface area (Å²) in [6.07, 6.45) is 1.38. The quantitative estimate of drug-likeness (QED) is 0.726. The first-order valence-corrected chi connectivity index (χ1v) is 3.66. The van der Waals surface area contributed by atoms with Gasteiger partial charge < -0.3 is 9.84 Å². The molecule has 0 amide bonds. The van der Waals surface area contributed by atoms with Gasteiger partial charge in [0.15, 0.2) is 17.5 Å². The predicted octanol–water partition coefficient (Wildman–Crippen LogP) is 1.35. The van der Waals surface area contributed by atoms with Crippen LogP contribution in [0.5, 0.6) is 5.75 Å². The summed E-state index contributed by atoms with van der Waals surface area (Å²) in [6, 6.07) is 2.99. The molecule has 0 radical (unpaired) electrons. The van der Waals surface area contributed by atoms with Gasteiger partial charge in [-0.3, -0.25) is 0 Å². The molecule has 4 nitrogen and oxygen atoms in total. The molecule has 1 N–H and O–H groups in total. The van der Waals surface area contributed by atoms with Gasteiger partial charge >= 0.3 is 5.97 Å². The van der Waals surface area contributed by atoms with Crippen LogP contribution in [0.1, 0.15) is 10.5 Å². The van der Waals surface area contributed by atoms with Crippen LogP contribution in [0.2, 0.25) is 0 Å². The van der Waals surface area contributed by atoms with Gasteiger partial charge in [-0.2, -0.15) is 0 Å². The van der Waals surface area contributed by atoms with E-state index in [0.717, 1.165) is 0 Å². The third kappa shape index (κ3) is 1.85. The Hall–Kier alpha value is -1.29. The van der Waals surface area contributed by atoms with Gasteiger partial charge in [0.05, 0.1) is 0 Å². The minimum absolute atomic E-state index is 0.0913. The molecule has 64 valence electrons. The van der Waals surface area contributed by atoms with Crippen LogP contribution in [0, 0.1) is 0 Å². The van der Waals surface area contributed by atoms with Gasteiger partial charge in [0.2, 0.25) is 0 Å². The molecular weight excluding hydrogens is 182 g/mol. The third-order valence-corrected chi connectivity index (χ3v) is 1.29. The predicted molar refractivity (Wildman–Crippen MR) is 42.5 cm³/mol. The number of pyridine rings is 1. The van der Waals surface area contributed by atoms with Crippen LogP contribution in [-0.4, -0.2) is 22.1 Å². The highest BCUT2D eigenvalue weighted by atomic mass is 35.5. The fourth-order valence-electron chi connectivity index (χ4n) is 0.726. The number of halogens is 1. The smallest absolute Gasteiger partial charge is 0.358 e. The van der Waals surface area contributed by atoms with Crippen molar-refractivity contribution in [1.29, 1.82) is 0 Å². The highest BCUT2D eigenvalue weighted by Gasteiger charge is 2.10. The van der Waals surface area contributed by atoms with Crippen LogP contribution >= 0.6 is 11.6 Å². The lowest BCUT2D eigenvalue weighted by molar-refractivity contribution is 0.0686. The van der Waals surface area contributed by atoms with Crippen molar-refractivity contribution < 1.29 is 14.6 Å². The summed E-state index contributed by atoms with van der Waals surface area (Å²) in [6.45, 7) is 0. The Balaban J connectivity index is 3.00. The second-order valence-electron chi connectivity index (χ2n) is 1.91. The third-order valence-electron chi connectivity index (χ3n) is 1.18. The van der Waals surface area contributed by atoms with Crippen molar-refractivity contribution in [2.45, 2.75) is 0 Å². The molecule has 0 spiro atoms. The number of hydrogen-bond acceptors (Lipinski definition) is 3. The number of carboxylic acids is 1. The summed E-state index contributed by atoms with van der Waals surface area (Å²) >= 11 is 5.27. The van der Waals surface area contributed by atoms with E-state index in [2.05, 4.69) is 4.98 Å². The first-order chi connectivity index (χ1) is 5.75. The topological polar surface area (TPSA) is 59.4 Å². The molecule has 0 bridgehead atoms. The summed E-state index contributed by atoms with van der Waals surface area (Å²) in [5, 5.41) is 8.61. The van der Waals surface area contributed by atoms with Crippen LogP contribution < -0.4 is 4.74 Å². The minimum Gasteiger partial charge on any atom is -0.476 e. The van der Waals surface area contributed by atoms with E-state index in [9.17, 15) is 4.79 Å². The number of rotatable bonds is 3. The maximum absolute atomic E-state index is 10.5. The van der Waals surface area contributed by atoms with Crippen LogP contribution in [0.4, 0.5) is 0 Å². The standard InChI is InChI=1S/C7H6ClNO3/c8-4-12-5-2-1-3-9-6(5)7(10)11/h1-3H,4H2,(H,10,11). The maximum atomic E-state index is 10.5.